The Balaban J connectivity index is 1.48. The highest BCUT2D eigenvalue weighted by atomic mass is 32.2. The van der Waals surface area contributed by atoms with Gasteiger partial charge in [-0.1, -0.05) is 55.5 Å². The highest BCUT2D eigenvalue weighted by Crippen LogP contribution is 2.47. The van der Waals surface area contributed by atoms with Crippen LogP contribution in [-0.4, -0.2) is 30.8 Å². The monoisotopic (exact) mass is 554 g/mol. The average molecular weight is 555 g/mol. The number of anilines is 1. The van der Waals surface area contributed by atoms with Crippen molar-refractivity contribution in [2.24, 2.45) is 0 Å². The lowest BCUT2D eigenvalue weighted by Gasteiger charge is -2.21. The zero-order valence-corrected chi connectivity index (χ0v) is 23.4. The molecule has 1 unspecified atom stereocenters. The maximum absolute atomic E-state index is 13.3. The summed E-state index contributed by atoms with van der Waals surface area (Å²) < 4.78 is 35.5. The van der Waals surface area contributed by atoms with Gasteiger partial charge in [0.2, 0.25) is 11.8 Å². The van der Waals surface area contributed by atoms with E-state index in [1.165, 1.54) is 36.6 Å². The van der Waals surface area contributed by atoms with Crippen LogP contribution in [0, 0.1) is 13.8 Å². The molecule has 1 aliphatic carbocycles. The number of carbonyl (C=O) groups excluding carboxylic acids is 1. The molecule has 2 N–H and O–H groups in total. The highest BCUT2D eigenvalue weighted by molar-refractivity contribution is 7.92. The van der Waals surface area contributed by atoms with E-state index in [0.717, 1.165) is 22.3 Å². The first kappa shape index (κ1) is 26.0. The van der Waals surface area contributed by atoms with Crippen molar-refractivity contribution in [2.45, 2.75) is 50.0 Å². The maximum Gasteiger partial charge on any atom is 0.264 e. The number of hydrogen-bond acceptors (Lipinski definition) is 6. The summed E-state index contributed by atoms with van der Waals surface area (Å²) >= 11 is 0. The minimum atomic E-state index is -4.09. The van der Waals surface area contributed by atoms with Gasteiger partial charge in [0.1, 0.15) is 6.10 Å². The van der Waals surface area contributed by atoms with Crippen molar-refractivity contribution >= 4 is 21.9 Å². The molecule has 1 saturated carbocycles. The molecule has 8 nitrogen and oxygen atoms in total. The van der Waals surface area contributed by atoms with Gasteiger partial charge in [-0.15, -0.1) is 0 Å². The minimum Gasteiger partial charge on any atom is -0.467 e. The fourth-order valence-corrected chi connectivity index (χ4v) is 6.09. The Hall–Kier alpha value is -4.24. The zero-order valence-electron chi connectivity index (χ0n) is 22.6. The average Bonchev–Trinajstić information content (AvgIpc) is 3.68. The third-order valence-corrected chi connectivity index (χ3v) is 9.09. The summed E-state index contributed by atoms with van der Waals surface area (Å²) in [6.07, 6.45) is 1.75. The fraction of sp³-hybridized carbons (Fsp3) is 0.258. The Morgan fingerprint density at radius 3 is 2.33 bits per heavy atom. The number of benzene rings is 3. The maximum atomic E-state index is 13.3. The first-order valence-electron chi connectivity index (χ1n) is 13.3. The second-order valence-corrected chi connectivity index (χ2v) is 12.5. The lowest BCUT2D eigenvalue weighted by atomic mass is 9.96. The third-order valence-electron chi connectivity index (χ3n) is 7.76. The Bertz CT molecular complexity index is 1710. The Morgan fingerprint density at radius 2 is 1.62 bits per heavy atom. The first-order valence-corrected chi connectivity index (χ1v) is 14.7. The number of fused-ring (bicyclic) bond motifs is 4. The van der Waals surface area contributed by atoms with Crippen LogP contribution in [0.4, 0.5) is 5.95 Å². The van der Waals surface area contributed by atoms with E-state index in [4.69, 9.17) is 4.74 Å². The molecule has 1 aromatic heterocycles. The van der Waals surface area contributed by atoms with Crippen LogP contribution in [0.15, 0.2) is 77.7 Å². The minimum absolute atomic E-state index is 0.0661. The predicted molar refractivity (Wildman–Crippen MR) is 153 cm³/mol. The van der Waals surface area contributed by atoms with E-state index < -0.39 is 22.0 Å². The summed E-state index contributed by atoms with van der Waals surface area (Å²) in [5.74, 6) is -0.329. The molecule has 4 bridgehead atoms. The Kier molecular flexibility index (Phi) is 6.34. The zero-order chi connectivity index (χ0) is 28.1. The van der Waals surface area contributed by atoms with E-state index in [1.54, 1.807) is 12.1 Å². The predicted octanol–water partition coefficient (Wildman–Crippen LogP) is 5.48. The SMILES string of the molecule is Cc1cccc(C)c1-c1cc2nc(n1)NS(=O)(=O)c1cccc(c1)C(=O)NCC(c1ccc(C3(C)CC3)cc1)O2. The van der Waals surface area contributed by atoms with Crippen LogP contribution in [0.1, 0.15) is 58.5 Å². The van der Waals surface area contributed by atoms with Crippen molar-refractivity contribution in [1.82, 2.24) is 15.3 Å². The molecular weight excluding hydrogens is 524 g/mol. The molecule has 4 aromatic rings. The van der Waals surface area contributed by atoms with E-state index >= 15 is 0 Å². The van der Waals surface area contributed by atoms with Crippen molar-refractivity contribution in [1.29, 1.82) is 0 Å². The largest absolute Gasteiger partial charge is 0.467 e. The van der Waals surface area contributed by atoms with Gasteiger partial charge in [-0.25, -0.2) is 18.1 Å². The van der Waals surface area contributed by atoms with Crippen molar-refractivity contribution in [3.8, 4) is 17.1 Å². The number of sulfonamides is 1. The number of rotatable bonds is 3. The number of hydrogen-bond donors (Lipinski definition) is 2. The Labute approximate surface area is 233 Å². The molecule has 2 heterocycles. The summed E-state index contributed by atoms with van der Waals surface area (Å²) in [5, 5.41) is 2.91. The van der Waals surface area contributed by atoms with E-state index in [0.29, 0.717) is 5.69 Å². The first-order chi connectivity index (χ1) is 19.1. The van der Waals surface area contributed by atoms with Crippen LogP contribution in [-0.2, 0) is 15.4 Å². The molecule has 2 aliphatic rings. The summed E-state index contributed by atoms with van der Waals surface area (Å²) in [6, 6.07) is 21.8. The summed E-state index contributed by atoms with van der Waals surface area (Å²) in [4.78, 5) is 22.0. The molecule has 1 aliphatic heterocycles. The molecule has 40 heavy (non-hydrogen) atoms. The molecule has 3 aromatic carbocycles. The Morgan fingerprint density at radius 1 is 0.925 bits per heavy atom. The number of aryl methyl sites for hydroxylation is 2. The van der Waals surface area contributed by atoms with Crippen molar-refractivity contribution in [3.05, 3.63) is 101 Å². The van der Waals surface area contributed by atoms with Gasteiger partial charge in [0.25, 0.3) is 15.9 Å². The number of nitrogens with zero attached hydrogens (tertiary/aromatic N) is 2. The van der Waals surface area contributed by atoms with Crippen molar-refractivity contribution in [3.63, 3.8) is 0 Å². The quantitative estimate of drug-likeness (QED) is 0.347. The van der Waals surface area contributed by atoms with E-state index in [1.807, 2.05) is 44.2 Å². The van der Waals surface area contributed by atoms with Gasteiger partial charge in [0, 0.05) is 17.2 Å². The number of carbonyl (C=O) groups is 1. The van der Waals surface area contributed by atoms with Crippen LogP contribution in [0.5, 0.6) is 5.88 Å². The van der Waals surface area contributed by atoms with Gasteiger partial charge in [-0.2, -0.15) is 4.98 Å². The lowest BCUT2D eigenvalue weighted by molar-refractivity contribution is 0.0925. The summed E-state index contributed by atoms with van der Waals surface area (Å²) in [7, 11) is -4.09. The molecule has 9 heteroatoms. The smallest absolute Gasteiger partial charge is 0.264 e. The fourth-order valence-electron chi connectivity index (χ4n) is 5.10. The summed E-state index contributed by atoms with van der Waals surface area (Å²) in [5.41, 5.74) is 5.96. The second-order valence-electron chi connectivity index (χ2n) is 10.8. The number of aromatic nitrogens is 2. The van der Waals surface area contributed by atoms with Crippen LogP contribution in [0.2, 0.25) is 0 Å². The third kappa shape index (κ3) is 5.04. The molecule has 6 rings (SSSR count). The van der Waals surface area contributed by atoms with E-state index in [2.05, 4.69) is 39.1 Å². The number of ether oxygens (including phenoxy) is 1. The van der Waals surface area contributed by atoms with Gasteiger partial charge < -0.3 is 10.1 Å². The standard InChI is InChI=1S/C31H30N4O4S/c1-19-6-4-7-20(2)28(19)25-17-27-34-30(33-25)35-40(37,38)24-9-5-8-22(16-24)29(36)32-18-26(39-27)21-10-12-23(13-11-21)31(3)14-15-31/h4-13,16-17,26H,14-15,18H2,1-3H3,(H,32,36)(H,33,34,35). The van der Waals surface area contributed by atoms with E-state index in [-0.39, 0.29) is 34.2 Å². The topological polar surface area (TPSA) is 110 Å². The van der Waals surface area contributed by atoms with Crippen LogP contribution >= 0.6 is 0 Å². The molecule has 1 amide bonds. The van der Waals surface area contributed by atoms with Gasteiger partial charge in [-0.05, 0) is 72.6 Å². The second kappa shape index (κ2) is 9.75. The van der Waals surface area contributed by atoms with Crippen LogP contribution < -0.4 is 14.8 Å². The molecule has 1 atom stereocenters. The highest BCUT2D eigenvalue weighted by Gasteiger charge is 2.38. The van der Waals surface area contributed by atoms with Crippen molar-refractivity contribution in [2.75, 3.05) is 11.3 Å². The van der Waals surface area contributed by atoms with Gasteiger partial charge >= 0.3 is 0 Å². The summed E-state index contributed by atoms with van der Waals surface area (Å²) in [6.45, 7) is 6.36. The lowest BCUT2D eigenvalue weighted by Crippen LogP contribution is -2.31. The normalized spacial score (nSPS) is 19.1. The van der Waals surface area contributed by atoms with Crippen LogP contribution in [0.3, 0.4) is 0 Å². The number of amides is 1. The van der Waals surface area contributed by atoms with Crippen molar-refractivity contribution < 1.29 is 17.9 Å². The molecule has 0 radical (unpaired) electrons. The molecule has 1 fully saturated rings. The molecule has 0 spiro atoms. The van der Waals surface area contributed by atoms with E-state index in [9.17, 15) is 13.2 Å². The van der Waals surface area contributed by atoms with Gasteiger partial charge in [-0.3, -0.25) is 4.79 Å². The van der Waals surface area contributed by atoms with Crippen LogP contribution in [0.25, 0.3) is 11.3 Å². The number of nitrogens with one attached hydrogen (secondary N) is 2. The van der Waals surface area contributed by atoms with Gasteiger partial charge in [0.05, 0.1) is 17.1 Å². The van der Waals surface area contributed by atoms with Gasteiger partial charge in [0.15, 0.2) is 0 Å². The molecule has 204 valence electrons. The molecule has 0 saturated heterocycles. The molecular formula is C31H30N4O4S.